The Balaban J connectivity index is 1.75. The van der Waals surface area contributed by atoms with Crippen molar-refractivity contribution < 1.29 is 28.7 Å². The van der Waals surface area contributed by atoms with Crippen molar-refractivity contribution in [2.75, 3.05) is 32.8 Å². The van der Waals surface area contributed by atoms with E-state index < -0.39 is 29.5 Å². The second kappa shape index (κ2) is 9.83. The second-order valence-corrected chi connectivity index (χ2v) is 13.4. The number of fused-ring (bicyclic) bond motifs is 1. The molecule has 4 rings (SSSR count). The largest absolute Gasteiger partial charge is 0.494 e. The van der Waals surface area contributed by atoms with Crippen molar-refractivity contribution in [3.8, 4) is 0 Å². The molecule has 37 heavy (non-hydrogen) atoms. The third-order valence-corrected chi connectivity index (χ3v) is 7.73. The Kier molecular flexibility index (Phi) is 7.54. The van der Waals surface area contributed by atoms with E-state index in [4.69, 9.17) is 18.8 Å². The van der Waals surface area contributed by atoms with Crippen LogP contribution in [0.15, 0.2) is 12.1 Å². The fraction of sp³-hybridized carbons (Fsp3) is 0.750. The van der Waals surface area contributed by atoms with Crippen molar-refractivity contribution in [3.63, 3.8) is 0 Å². The number of hydrogen-bond acceptors (Lipinski definition) is 7. The van der Waals surface area contributed by atoms with Crippen LogP contribution in [0.2, 0.25) is 0 Å². The van der Waals surface area contributed by atoms with Gasteiger partial charge in [0.05, 0.1) is 36.1 Å². The van der Waals surface area contributed by atoms with E-state index >= 15 is 0 Å². The number of morpholine rings is 1. The van der Waals surface area contributed by atoms with Crippen molar-refractivity contribution in [2.24, 2.45) is 0 Å². The molecule has 1 atom stereocenters. The number of aliphatic hydroxyl groups is 1. The lowest BCUT2D eigenvalue weighted by molar-refractivity contribution is -0.0335. The number of nitrogens with zero attached hydrogens (tertiary/aromatic N) is 2. The summed E-state index contributed by atoms with van der Waals surface area (Å²) in [6.07, 6.45) is 0.505. The van der Waals surface area contributed by atoms with E-state index in [1.807, 2.05) is 34.6 Å². The lowest BCUT2D eigenvalue weighted by Gasteiger charge is -2.40. The Morgan fingerprint density at radius 1 is 1.11 bits per heavy atom. The SMILES string of the molecule is CC(C)(O)CN1CCc2cc(B3OC(C)(C)C(C)(C)O3)cc([C@@H]3COCCN3C(=O)OC(C)(C)C)c2C1. The average Bonchev–Trinajstić information content (AvgIpc) is 2.97. The van der Waals surface area contributed by atoms with Gasteiger partial charge >= 0.3 is 13.2 Å². The first-order valence-corrected chi connectivity index (χ1v) is 13.5. The molecule has 3 aliphatic rings. The summed E-state index contributed by atoms with van der Waals surface area (Å²) in [4.78, 5) is 17.4. The molecular weight excluding hydrogens is 471 g/mol. The van der Waals surface area contributed by atoms with Crippen LogP contribution in [0.1, 0.15) is 85.0 Å². The third kappa shape index (κ3) is 6.33. The molecule has 1 N–H and O–H groups in total. The van der Waals surface area contributed by atoms with E-state index in [0.717, 1.165) is 24.0 Å². The fourth-order valence-electron chi connectivity index (χ4n) is 5.27. The first kappa shape index (κ1) is 28.4. The Bertz CT molecular complexity index is 997. The van der Waals surface area contributed by atoms with Gasteiger partial charge in [-0.3, -0.25) is 9.80 Å². The summed E-state index contributed by atoms with van der Waals surface area (Å²) in [5.74, 6) is 0. The molecule has 1 aromatic rings. The van der Waals surface area contributed by atoms with Gasteiger partial charge in [0.25, 0.3) is 0 Å². The number of carbonyl (C=O) groups is 1. The van der Waals surface area contributed by atoms with Crippen molar-refractivity contribution in [1.29, 1.82) is 0 Å². The molecule has 2 fully saturated rings. The van der Waals surface area contributed by atoms with Crippen LogP contribution in [0.4, 0.5) is 4.79 Å². The number of rotatable bonds is 4. The predicted molar refractivity (Wildman–Crippen MR) is 144 cm³/mol. The molecular formula is C28H45BN2O6. The van der Waals surface area contributed by atoms with E-state index in [1.165, 1.54) is 11.1 Å². The van der Waals surface area contributed by atoms with Crippen LogP contribution >= 0.6 is 0 Å². The Morgan fingerprint density at radius 2 is 1.76 bits per heavy atom. The zero-order valence-electron chi connectivity index (χ0n) is 24.1. The maximum atomic E-state index is 13.3. The van der Waals surface area contributed by atoms with Gasteiger partial charge in [-0.25, -0.2) is 4.79 Å². The van der Waals surface area contributed by atoms with Gasteiger partial charge in [-0.1, -0.05) is 12.1 Å². The van der Waals surface area contributed by atoms with Crippen LogP contribution in [0.25, 0.3) is 0 Å². The van der Waals surface area contributed by atoms with E-state index in [1.54, 1.807) is 4.90 Å². The van der Waals surface area contributed by atoms with Gasteiger partial charge in [0.1, 0.15) is 5.60 Å². The quantitative estimate of drug-likeness (QED) is 0.615. The third-order valence-electron chi connectivity index (χ3n) is 7.73. The summed E-state index contributed by atoms with van der Waals surface area (Å²) in [6, 6.07) is 4.04. The predicted octanol–water partition coefficient (Wildman–Crippen LogP) is 3.42. The van der Waals surface area contributed by atoms with Gasteiger partial charge in [0, 0.05) is 26.2 Å². The standard InChI is InChI=1S/C28H45BN2O6/c1-25(2,3)35-24(32)31-12-13-34-17-23(31)21-15-20(29-36-27(6,7)28(8,9)37-29)14-19-10-11-30(16-22(19)21)18-26(4,5)33/h14-15,23,33H,10-13,16-18H2,1-9H3/t23-/m0/s1. The molecule has 206 valence electrons. The minimum atomic E-state index is -0.795. The van der Waals surface area contributed by atoms with Crippen LogP contribution in [-0.2, 0) is 31.7 Å². The minimum Gasteiger partial charge on any atom is -0.444 e. The summed E-state index contributed by atoms with van der Waals surface area (Å²) in [5, 5.41) is 10.5. The highest BCUT2D eigenvalue weighted by Gasteiger charge is 2.52. The first-order valence-electron chi connectivity index (χ1n) is 13.5. The number of ether oxygens (including phenoxy) is 2. The van der Waals surface area contributed by atoms with Crippen molar-refractivity contribution in [1.82, 2.24) is 9.80 Å². The normalized spacial score (nSPS) is 24.2. The fourth-order valence-corrected chi connectivity index (χ4v) is 5.27. The van der Waals surface area contributed by atoms with Gasteiger partial charge in [-0.2, -0.15) is 0 Å². The van der Waals surface area contributed by atoms with Crippen molar-refractivity contribution in [3.05, 3.63) is 28.8 Å². The van der Waals surface area contributed by atoms with Gasteiger partial charge < -0.3 is 23.9 Å². The van der Waals surface area contributed by atoms with E-state index in [2.05, 4.69) is 44.7 Å². The molecule has 0 bridgehead atoms. The van der Waals surface area contributed by atoms with Gasteiger partial charge in [0.15, 0.2) is 0 Å². The molecule has 0 aliphatic carbocycles. The zero-order chi connectivity index (χ0) is 27.4. The van der Waals surface area contributed by atoms with Crippen LogP contribution in [0, 0.1) is 0 Å². The molecule has 0 radical (unpaired) electrons. The first-order chi connectivity index (χ1) is 17.0. The molecule has 1 aromatic carbocycles. The highest BCUT2D eigenvalue weighted by atomic mass is 16.7. The van der Waals surface area contributed by atoms with E-state index in [0.29, 0.717) is 32.8 Å². The highest BCUT2D eigenvalue weighted by Crippen LogP contribution is 2.38. The van der Waals surface area contributed by atoms with E-state index in [9.17, 15) is 9.90 Å². The molecule has 0 unspecified atom stereocenters. The summed E-state index contributed by atoms with van der Waals surface area (Å²) in [5.41, 5.74) is 2.11. The number of carbonyl (C=O) groups excluding carboxylic acids is 1. The molecule has 9 heteroatoms. The molecule has 3 aliphatic heterocycles. The molecule has 0 saturated carbocycles. The summed E-state index contributed by atoms with van der Waals surface area (Å²) >= 11 is 0. The average molecular weight is 516 g/mol. The van der Waals surface area contributed by atoms with Crippen molar-refractivity contribution in [2.45, 2.75) is 104 Å². The lowest BCUT2D eigenvalue weighted by Crippen LogP contribution is -2.47. The summed E-state index contributed by atoms with van der Waals surface area (Å²) < 4.78 is 24.5. The molecule has 1 amide bonds. The number of β-amino-alcohol motifs (C(OH)–C–C–N with tert-alkyl or cyclic N) is 1. The monoisotopic (exact) mass is 516 g/mol. The van der Waals surface area contributed by atoms with Crippen LogP contribution in [0.3, 0.4) is 0 Å². The van der Waals surface area contributed by atoms with Crippen LogP contribution < -0.4 is 5.46 Å². The number of hydrogen-bond donors (Lipinski definition) is 1. The molecule has 8 nitrogen and oxygen atoms in total. The maximum Gasteiger partial charge on any atom is 0.494 e. The Morgan fingerprint density at radius 3 is 2.35 bits per heavy atom. The molecule has 3 heterocycles. The number of benzene rings is 1. The molecule has 0 spiro atoms. The van der Waals surface area contributed by atoms with Crippen LogP contribution in [-0.4, -0.2) is 83.4 Å². The van der Waals surface area contributed by atoms with E-state index in [-0.39, 0.29) is 12.1 Å². The van der Waals surface area contributed by atoms with Gasteiger partial charge in [-0.15, -0.1) is 0 Å². The smallest absolute Gasteiger partial charge is 0.444 e. The summed E-state index contributed by atoms with van der Waals surface area (Å²) in [6.45, 7) is 21.0. The number of amides is 1. The van der Waals surface area contributed by atoms with Gasteiger partial charge in [0.2, 0.25) is 0 Å². The van der Waals surface area contributed by atoms with Crippen LogP contribution in [0.5, 0.6) is 0 Å². The minimum absolute atomic E-state index is 0.290. The lowest BCUT2D eigenvalue weighted by atomic mass is 9.74. The highest BCUT2D eigenvalue weighted by molar-refractivity contribution is 6.62. The van der Waals surface area contributed by atoms with Crippen molar-refractivity contribution >= 4 is 18.7 Å². The summed E-state index contributed by atoms with van der Waals surface area (Å²) in [7, 11) is -0.497. The Hall–Kier alpha value is -1.65. The maximum absolute atomic E-state index is 13.3. The van der Waals surface area contributed by atoms with Gasteiger partial charge in [-0.05, 0) is 90.9 Å². The zero-order valence-corrected chi connectivity index (χ0v) is 24.1. The molecule has 2 saturated heterocycles. The Labute approximate surface area is 222 Å². The second-order valence-electron chi connectivity index (χ2n) is 13.4. The topological polar surface area (TPSA) is 80.7 Å². The molecule has 0 aromatic heterocycles.